The van der Waals surface area contributed by atoms with Crippen LogP contribution < -0.4 is 0 Å². The SMILES string of the molecule is C.Cc1nc(C)n2ccccc12.Cc1nn(C)c2ccccc12. The van der Waals surface area contributed by atoms with Gasteiger partial charge in [-0.15, -0.1) is 0 Å². The Kier molecular flexibility index (Phi) is 4.84. The van der Waals surface area contributed by atoms with Crippen molar-refractivity contribution in [1.82, 2.24) is 19.2 Å². The third-order valence-corrected chi connectivity index (χ3v) is 3.85. The molecule has 0 aliphatic rings. The number of benzene rings is 1. The van der Waals surface area contributed by atoms with Gasteiger partial charge >= 0.3 is 0 Å². The highest BCUT2D eigenvalue weighted by atomic mass is 15.3. The first kappa shape index (κ1) is 16.7. The summed E-state index contributed by atoms with van der Waals surface area (Å²) in [6, 6.07) is 14.4. The predicted octanol–water partition coefficient (Wildman–Crippen LogP) is 4.47. The summed E-state index contributed by atoms with van der Waals surface area (Å²) in [6.45, 7) is 6.07. The summed E-state index contributed by atoms with van der Waals surface area (Å²) in [7, 11) is 1.97. The van der Waals surface area contributed by atoms with Crippen molar-refractivity contribution in [1.29, 1.82) is 0 Å². The van der Waals surface area contributed by atoms with Gasteiger partial charge in [-0.1, -0.05) is 31.7 Å². The van der Waals surface area contributed by atoms with E-state index in [0.717, 1.165) is 17.2 Å². The third kappa shape index (κ3) is 3.11. The zero-order chi connectivity index (χ0) is 15.7. The number of hydrogen-bond acceptors (Lipinski definition) is 2. The molecule has 0 radical (unpaired) electrons. The van der Waals surface area contributed by atoms with Gasteiger partial charge in [-0.2, -0.15) is 5.10 Å². The standard InChI is InChI=1S/2C9H10N2.CH4/c1-7-8-5-3-4-6-9(8)11(2)10-7;1-7-9-5-3-4-6-11(9)8(2)10-7;/h2*3-6H,1-2H3;1H4. The lowest BCUT2D eigenvalue weighted by molar-refractivity contribution is 0.783. The smallest absolute Gasteiger partial charge is 0.110 e. The van der Waals surface area contributed by atoms with E-state index in [1.165, 1.54) is 16.4 Å². The van der Waals surface area contributed by atoms with E-state index in [2.05, 4.69) is 32.7 Å². The molecule has 0 fully saturated rings. The summed E-state index contributed by atoms with van der Waals surface area (Å²) in [5.74, 6) is 1.05. The van der Waals surface area contributed by atoms with Crippen LogP contribution in [0.15, 0.2) is 48.7 Å². The largest absolute Gasteiger partial charge is 0.304 e. The maximum absolute atomic E-state index is 4.35. The molecule has 3 heterocycles. The van der Waals surface area contributed by atoms with Crippen molar-refractivity contribution in [3.63, 3.8) is 0 Å². The van der Waals surface area contributed by atoms with Crippen molar-refractivity contribution < 1.29 is 0 Å². The molecule has 0 unspecified atom stereocenters. The molecule has 0 atom stereocenters. The number of nitrogens with zero attached hydrogens (tertiary/aromatic N) is 4. The average molecular weight is 308 g/mol. The second-order valence-electron chi connectivity index (χ2n) is 5.43. The Morgan fingerprint density at radius 2 is 1.48 bits per heavy atom. The molecule has 0 saturated carbocycles. The first-order valence-corrected chi connectivity index (χ1v) is 7.36. The number of imidazole rings is 1. The molecule has 0 N–H and O–H groups in total. The van der Waals surface area contributed by atoms with E-state index >= 15 is 0 Å². The van der Waals surface area contributed by atoms with Gasteiger partial charge in [-0.05, 0) is 39.0 Å². The first-order chi connectivity index (χ1) is 10.6. The maximum atomic E-state index is 4.35. The highest BCUT2D eigenvalue weighted by Crippen LogP contribution is 2.15. The van der Waals surface area contributed by atoms with Crippen molar-refractivity contribution in [2.45, 2.75) is 28.2 Å². The fourth-order valence-electron chi connectivity index (χ4n) is 2.77. The Morgan fingerprint density at radius 3 is 2.17 bits per heavy atom. The molecule has 4 heteroatoms. The Bertz CT molecular complexity index is 781. The van der Waals surface area contributed by atoms with Gasteiger partial charge in [0.15, 0.2) is 0 Å². The molecule has 0 amide bonds. The molecular formula is C19H24N4. The molecule has 0 aliphatic carbocycles. The van der Waals surface area contributed by atoms with Crippen molar-refractivity contribution in [2.24, 2.45) is 7.05 Å². The van der Waals surface area contributed by atoms with Crippen LogP contribution in [0.3, 0.4) is 0 Å². The zero-order valence-electron chi connectivity index (χ0n) is 13.4. The summed E-state index contributed by atoms with van der Waals surface area (Å²) < 4.78 is 4.00. The normalized spacial score (nSPS) is 10.3. The van der Waals surface area contributed by atoms with E-state index in [-0.39, 0.29) is 7.43 Å². The monoisotopic (exact) mass is 308 g/mol. The van der Waals surface area contributed by atoms with Crippen molar-refractivity contribution >= 4 is 16.4 Å². The van der Waals surface area contributed by atoms with Gasteiger partial charge in [0.05, 0.1) is 22.4 Å². The first-order valence-electron chi connectivity index (χ1n) is 7.36. The molecule has 0 spiro atoms. The number of aryl methyl sites for hydroxylation is 4. The van der Waals surface area contributed by atoms with E-state index in [9.17, 15) is 0 Å². The van der Waals surface area contributed by atoms with E-state index < -0.39 is 0 Å². The Balaban J connectivity index is 0.000000160. The molecule has 120 valence electrons. The maximum Gasteiger partial charge on any atom is 0.110 e. The average Bonchev–Trinajstić information content (AvgIpc) is 2.99. The van der Waals surface area contributed by atoms with E-state index in [1.807, 2.05) is 63.0 Å². The van der Waals surface area contributed by atoms with Crippen molar-refractivity contribution in [2.75, 3.05) is 0 Å². The molecule has 1 aromatic carbocycles. The molecule has 4 nitrogen and oxygen atoms in total. The lowest BCUT2D eigenvalue weighted by Crippen LogP contribution is -1.88. The summed E-state index contributed by atoms with van der Waals surface area (Å²) in [5, 5.41) is 5.55. The van der Waals surface area contributed by atoms with Crippen molar-refractivity contribution in [3.05, 3.63) is 65.9 Å². The van der Waals surface area contributed by atoms with Gasteiger partial charge in [0.2, 0.25) is 0 Å². The van der Waals surface area contributed by atoms with Crippen LogP contribution in [-0.2, 0) is 7.05 Å². The minimum absolute atomic E-state index is 0. The van der Waals surface area contributed by atoms with Crippen LogP contribution in [-0.4, -0.2) is 19.2 Å². The second kappa shape index (κ2) is 6.65. The molecule has 0 bridgehead atoms. The van der Waals surface area contributed by atoms with Crippen LogP contribution in [0.25, 0.3) is 16.4 Å². The number of aromatic nitrogens is 4. The Hall–Kier alpha value is -2.62. The van der Waals surface area contributed by atoms with E-state index in [1.54, 1.807) is 0 Å². The van der Waals surface area contributed by atoms with Gasteiger partial charge in [-0.25, -0.2) is 4.98 Å². The van der Waals surface area contributed by atoms with Gasteiger partial charge in [0.25, 0.3) is 0 Å². The zero-order valence-corrected chi connectivity index (χ0v) is 13.4. The molecule has 4 rings (SSSR count). The fraction of sp³-hybridized carbons (Fsp3) is 0.263. The number of pyridine rings is 1. The van der Waals surface area contributed by atoms with Gasteiger partial charge in [0, 0.05) is 18.6 Å². The Labute approximate surface area is 137 Å². The molecular weight excluding hydrogens is 284 g/mol. The van der Waals surface area contributed by atoms with Crippen LogP contribution >= 0.6 is 0 Å². The lowest BCUT2D eigenvalue weighted by Gasteiger charge is -1.92. The third-order valence-electron chi connectivity index (χ3n) is 3.85. The second-order valence-corrected chi connectivity index (χ2v) is 5.43. The summed E-state index contributed by atoms with van der Waals surface area (Å²) in [6.07, 6.45) is 2.03. The van der Waals surface area contributed by atoms with Gasteiger partial charge in [-0.3, -0.25) is 4.68 Å². The predicted molar refractivity (Wildman–Crippen MR) is 96.8 cm³/mol. The van der Waals surface area contributed by atoms with Crippen LogP contribution in [0.2, 0.25) is 0 Å². The van der Waals surface area contributed by atoms with Gasteiger partial charge in [0.1, 0.15) is 5.82 Å². The van der Waals surface area contributed by atoms with Crippen LogP contribution in [0.5, 0.6) is 0 Å². The highest BCUT2D eigenvalue weighted by Gasteiger charge is 2.01. The van der Waals surface area contributed by atoms with Crippen molar-refractivity contribution in [3.8, 4) is 0 Å². The lowest BCUT2D eigenvalue weighted by atomic mass is 10.2. The minimum Gasteiger partial charge on any atom is -0.304 e. The molecule has 0 aliphatic heterocycles. The molecule has 4 aromatic rings. The molecule has 23 heavy (non-hydrogen) atoms. The van der Waals surface area contributed by atoms with E-state index in [4.69, 9.17) is 0 Å². The number of fused-ring (bicyclic) bond motifs is 2. The fourth-order valence-corrected chi connectivity index (χ4v) is 2.77. The van der Waals surface area contributed by atoms with Crippen LogP contribution in [0, 0.1) is 20.8 Å². The summed E-state index contributed by atoms with van der Waals surface area (Å²) in [5.41, 5.74) is 4.60. The Morgan fingerprint density at radius 1 is 0.826 bits per heavy atom. The van der Waals surface area contributed by atoms with Crippen LogP contribution in [0.1, 0.15) is 24.6 Å². The number of para-hydroxylation sites is 1. The van der Waals surface area contributed by atoms with E-state index in [0.29, 0.717) is 0 Å². The highest BCUT2D eigenvalue weighted by molar-refractivity contribution is 5.81. The molecule has 0 saturated heterocycles. The summed E-state index contributed by atoms with van der Waals surface area (Å²) in [4.78, 5) is 4.35. The molecule has 3 aromatic heterocycles. The number of hydrogen-bond donors (Lipinski definition) is 0. The summed E-state index contributed by atoms with van der Waals surface area (Å²) >= 11 is 0. The quantitative estimate of drug-likeness (QED) is 0.480. The minimum atomic E-state index is 0. The van der Waals surface area contributed by atoms with Gasteiger partial charge < -0.3 is 4.40 Å². The van der Waals surface area contributed by atoms with Crippen LogP contribution in [0.4, 0.5) is 0 Å². The topological polar surface area (TPSA) is 35.1 Å². The number of rotatable bonds is 0.